The molecule has 110 heavy (non-hydrogen) atoms. The van der Waals surface area contributed by atoms with Gasteiger partial charge in [-0.1, -0.05) is 46.9 Å². The molecule has 7 N–H and O–H groups in total. The van der Waals surface area contributed by atoms with Gasteiger partial charge in [0.1, 0.15) is 23.0 Å². The standard InChI is InChI=1S/C15H15ClF3NO4.C13H9ClF3NO3.C13H10F3NO3.C11H6F3NO3.C10H16O5.C7H5ClF3N/c1-3-23-13(21)10(14(22)24-4-2)8-20-12-7-9(15(17,18)19)5-6-11(12)16;1-2-21-12(20)6-5-18-10-8(14)4-3-7(13(15,16)17)9(10)11(6)19;1-2-20-12(19)7-6-17-9-5-3-4-8(13(14,15)16)10(9)11(7)18;12-11(13,14)6-2-1-3-7-8(6)9(16)5(4-15-7)10(17)18;1-4-13-7-8(9(11)14-5-2)10(12)15-6-3;8-5-2-1-4(3-6(5)12)7(9,10)11/h5-8,20H,3-4H2,1-2H3;3-5H,2H2,1H3,(H,18,19);3-6H,2H2,1H3,(H,17,18);1-4H,(H,15,16)(H,17,18);7H,4-6H2,1-3H3;1-3H,12H2. The number of hydrogen-bond acceptors (Lipinski definition) is 19. The number of aromatic amines is 3. The Hall–Kier alpha value is -11.3. The fourth-order valence-corrected chi connectivity index (χ4v) is 8.99. The van der Waals surface area contributed by atoms with Crippen molar-refractivity contribution < 1.29 is 138 Å². The van der Waals surface area contributed by atoms with Crippen molar-refractivity contribution in [1.29, 1.82) is 0 Å². The largest absolute Gasteiger partial charge is 0.500 e. The first-order valence-electron chi connectivity index (χ1n) is 31.1. The van der Waals surface area contributed by atoms with E-state index in [1.54, 1.807) is 20.8 Å². The number of anilines is 2. The molecule has 0 bridgehead atoms. The lowest BCUT2D eigenvalue weighted by Crippen LogP contribution is -2.21. The summed E-state index contributed by atoms with van der Waals surface area (Å²) in [5, 5.41) is 9.27. The molecule has 0 saturated carbocycles. The molecule has 0 saturated heterocycles. The molecule has 0 unspecified atom stereocenters. The Bertz CT molecular complexity index is 4840. The Morgan fingerprint density at radius 3 is 1.19 bits per heavy atom. The molecule has 0 aliphatic heterocycles. The van der Waals surface area contributed by atoms with E-state index in [9.17, 15) is 114 Å². The smallest absolute Gasteiger partial charge is 0.417 e. The summed E-state index contributed by atoms with van der Waals surface area (Å²) in [6.07, 6.45) is -18.2. The monoisotopic (exact) mass is 1640 g/mol. The fraction of sp³-hybridized carbons (Fsp3) is 0.275. The van der Waals surface area contributed by atoms with Gasteiger partial charge in [-0.3, -0.25) is 14.4 Å². The zero-order chi connectivity index (χ0) is 83.6. The van der Waals surface area contributed by atoms with Crippen molar-refractivity contribution in [2.24, 2.45) is 0 Å². The van der Waals surface area contributed by atoms with Crippen molar-refractivity contribution in [3.63, 3.8) is 0 Å². The van der Waals surface area contributed by atoms with Crippen LogP contribution < -0.4 is 27.3 Å². The van der Waals surface area contributed by atoms with E-state index in [0.29, 0.717) is 12.7 Å². The highest BCUT2D eigenvalue weighted by Crippen LogP contribution is 2.38. The van der Waals surface area contributed by atoms with E-state index in [-0.39, 0.29) is 88.2 Å². The molecule has 5 aromatic carbocycles. The Kier molecular flexibility index (Phi) is 34.9. The Morgan fingerprint density at radius 1 is 0.436 bits per heavy atom. The van der Waals surface area contributed by atoms with Gasteiger partial charge in [-0.2, -0.15) is 65.9 Å². The van der Waals surface area contributed by atoms with Crippen molar-refractivity contribution in [3.8, 4) is 0 Å². The number of carbonyl (C=O) groups excluding carboxylic acids is 6. The maximum Gasteiger partial charge on any atom is 0.417 e. The van der Waals surface area contributed by atoms with Crippen LogP contribution in [0.3, 0.4) is 0 Å². The lowest BCUT2D eigenvalue weighted by molar-refractivity contribution is -0.148. The molecule has 3 heterocycles. The molecule has 0 amide bonds. The number of aromatic carboxylic acids is 1. The Labute approximate surface area is 624 Å². The van der Waals surface area contributed by atoms with E-state index in [4.69, 9.17) is 59.9 Å². The molecule has 3 aromatic heterocycles. The van der Waals surface area contributed by atoms with Gasteiger partial charge in [-0.15, -0.1) is 0 Å². The number of hydrogen-bond donors (Lipinski definition) is 6. The minimum atomic E-state index is -4.75. The van der Waals surface area contributed by atoms with Gasteiger partial charge in [-0.25, -0.2) is 33.6 Å². The Balaban J connectivity index is 0.000000346. The molecule has 0 atom stereocenters. The van der Waals surface area contributed by atoms with E-state index in [0.717, 1.165) is 91.7 Å². The van der Waals surface area contributed by atoms with E-state index in [2.05, 4.69) is 39.2 Å². The van der Waals surface area contributed by atoms with Crippen LogP contribution in [0.1, 0.15) is 107 Å². The number of alkyl halides is 15. The average molecular weight is 1640 g/mol. The van der Waals surface area contributed by atoms with E-state index < -0.39 is 155 Å². The van der Waals surface area contributed by atoms with Crippen molar-refractivity contribution in [1.82, 2.24) is 15.0 Å². The number of carboxylic acid groups (broad SMARTS) is 1. The molecule has 41 heteroatoms. The average Bonchev–Trinajstić information content (AvgIpc) is 0.769. The molecular formula is C69H61Cl3F15N5O18. The van der Waals surface area contributed by atoms with E-state index in [1.807, 2.05) is 0 Å². The molecule has 0 radical (unpaired) electrons. The van der Waals surface area contributed by atoms with Crippen LogP contribution >= 0.6 is 34.8 Å². The van der Waals surface area contributed by atoms with E-state index in [1.165, 1.54) is 45.9 Å². The van der Waals surface area contributed by atoms with Gasteiger partial charge in [-0.05, 0) is 121 Å². The third-order valence-corrected chi connectivity index (χ3v) is 14.3. The summed E-state index contributed by atoms with van der Waals surface area (Å²) in [7, 11) is 0. The van der Waals surface area contributed by atoms with Gasteiger partial charge in [0, 0.05) is 35.8 Å². The predicted octanol–water partition coefficient (Wildman–Crippen LogP) is 16.1. The summed E-state index contributed by atoms with van der Waals surface area (Å²) in [6, 6.07) is 13.7. The van der Waals surface area contributed by atoms with Crippen molar-refractivity contribution in [3.05, 3.63) is 217 Å². The van der Waals surface area contributed by atoms with Crippen molar-refractivity contribution in [2.75, 3.05) is 57.3 Å². The van der Waals surface area contributed by atoms with Crippen LogP contribution in [0.25, 0.3) is 32.7 Å². The summed E-state index contributed by atoms with van der Waals surface area (Å²) >= 11 is 17.0. The number of carboxylic acids is 1. The number of H-pyrrole nitrogens is 3. The lowest BCUT2D eigenvalue weighted by Gasteiger charge is -2.11. The summed E-state index contributed by atoms with van der Waals surface area (Å²) in [6.45, 7) is 12.0. The molecule has 0 aliphatic carbocycles. The topological polar surface area (TPSA) is 341 Å². The van der Waals surface area contributed by atoms with Crippen LogP contribution in [0.15, 0.2) is 142 Å². The molecule has 0 aliphatic rings. The van der Waals surface area contributed by atoms with Gasteiger partial charge >= 0.3 is 72.7 Å². The van der Waals surface area contributed by atoms with Gasteiger partial charge in [0.2, 0.25) is 16.3 Å². The van der Waals surface area contributed by atoms with Gasteiger partial charge < -0.3 is 64.3 Å². The second-order valence-corrected chi connectivity index (χ2v) is 21.9. The minimum absolute atomic E-state index is 0.00200. The van der Waals surface area contributed by atoms with Crippen LogP contribution in [0, 0.1) is 0 Å². The summed E-state index contributed by atoms with van der Waals surface area (Å²) in [5.74, 6) is -6.91. The zero-order valence-electron chi connectivity index (χ0n) is 57.7. The first kappa shape index (κ1) is 92.9. The first-order valence-corrected chi connectivity index (χ1v) is 32.2. The summed E-state index contributed by atoms with van der Waals surface area (Å²) in [4.78, 5) is 123. The van der Waals surface area contributed by atoms with Crippen LogP contribution in [0.4, 0.5) is 77.2 Å². The van der Waals surface area contributed by atoms with Crippen LogP contribution in [-0.2, 0) is 83.2 Å². The number of esters is 6. The van der Waals surface area contributed by atoms with Gasteiger partial charge in [0.15, 0.2) is 11.1 Å². The number of carbonyl (C=O) groups is 7. The maximum absolute atomic E-state index is 13.0. The van der Waals surface area contributed by atoms with Crippen LogP contribution in [0.2, 0.25) is 15.1 Å². The number of pyridine rings is 3. The molecule has 8 rings (SSSR count). The molecule has 23 nitrogen and oxygen atoms in total. The number of ether oxygens (including phenoxy) is 7. The molecular weight excluding hydrogens is 1580 g/mol. The first-order chi connectivity index (χ1) is 51.2. The number of benzene rings is 5. The zero-order valence-corrected chi connectivity index (χ0v) is 60.0. The van der Waals surface area contributed by atoms with E-state index >= 15 is 0 Å². The van der Waals surface area contributed by atoms with Gasteiger partial charge in [0.25, 0.3) is 0 Å². The molecule has 596 valence electrons. The number of nitrogens with one attached hydrogen (secondary N) is 4. The van der Waals surface area contributed by atoms with Crippen LogP contribution in [-0.4, -0.2) is 108 Å². The number of aromatic nitrogens is 3. The molecule has 8 aromatic rings. The third-order valence-electron chi connectivity index (χ3n) is 13.3. The SMILES string of the molecule is CCOC(=O)C(=CNc1cc(C(F)(F)F)ccc1Cl)C(=O)OCC.CCOC(=O)c1c[nH]c2c(Cl)ccc(C(F)(F)F)c2c1=O.CCOC(=O)c1c[nH]c2cccc(C(F)(F)F)c2c1=O.CCOC=C(C(=O)OCC)C(=O)OCC.Nc1cc(C(F)(F)F)ccc1Cl.O=C(O)c1c[nH]c2cccc(C(F)(F)F)c2c1=O. The lowest BCUT2D eigenvalue weighted by atomic mass is 10.1. The number of halogens is 18. The minimum Gasteiger partial charge on any atom is -0.500 e. The van der Waals surface area contributed by atoms with Crippen LogP contribution in [0.5, 0.6) is 0 Å². The second kappa shape index (κ2) is 41.3. The number of nitrogen functional groups attached to an aromatic ring is 1. The highest BCUT2D eigenvalue weighted by Gasteiger charge is 2.38. The molecule has 0 spiro atoms. The normalized spacial score (nSPS) is 11.1. The molecule has 0 fully saturated rings. The fourth-order valence-electron chi connectivity index (χ4n) is 8.49. The van der Waals surface area contributed by atoms with Crippen molar-refractivity contribution >= 4 is 121 Å². The second-order valence-electron chi connectivity index (χ2n) is 20.6. The quantitative estimate of drug-likeness (QED) is 0.00721. The number of nitrogens with two attached hydrogens (primary N) is 1. The number of rotatable bonds is 17. The maximum atomic E-state index is 13.0. The van der Waals surface area contributed by atoms with Crippen molar-refractivity contribution in [2.45, 2.75) is 79.3 Å². The highest BCUT2D eigenvalue weighted by molar-refractivity contribution is 6.35. The summed E-state index contributed by atoms with van der Waals surface area (Å²) < 4.78 is 223. The Morgan fingerprint density at radius 2 is 0.800 bits per heavy atom. The highest BCUT2D eigenvalue weighted by atomic mass is 35.5. The summed E-state index contributed by atoms with van der Waals surface area (Å²) in [5.41, 5.74) is -5.94. The number of fused-ring (bicyclic) bond motifs is 3. The third kappa shape index (κ3) is 26.3. The predicted molar refractivity (Wildman–Crippen MR) is 368 cm³/mol. The van der Waals surface area contributed by atoms with Gasteiger partial charge in [0.05, 0.1) is 122 Å².